The van der Waals surface area contributed by atoms with E-state index in [4.69, 9.17) is 0 Å². The van der Waals surface area contributed by atoms with Gasteiger partial charge in [0.15, 0.2) is 0 Å². The molecule has 1 aromatic carbocycles. The van der Waals surface area contributed by atoms with Gasteiger partial charge < -0.3 is 10.2 Å². The third kappa shape index (κ3) is 3.98. The third-order valence-electron chi connectivity index (χ3n) is 5.48. The third-order valence-corrected chi connectivity index (χ3v) is 5.48. The highest BCUT2D eigenvalue weighted by molar-refractivity contribution is 5.76. The van der Waals surface area contributed by atoms with E-state index in [1.54, 1.807) is 0 Å². The second-order valence-electron chi connectivity index (χ2n) is 7.78. The molecule has 0 amide bonds. The fourth-order valence-corrected chi connectivity index (χ4v) is 3.73. The van der Waals surface area contributed by atoms with Crippen LogP contribution in [0.3, 0.4) is 0 Å². The summed E-state index contributed by atoms with van der Waals surface area (Å²) in [6.07, 6.45) is 1.11. The molecule has 0 aromatic heterocycles. The number of carboxylic acids is 1. The fourth-order valence-electron chi connectivity index (χ4n) is 3.73. The van der Waals surface area contributed by atoms with Gasteiger partial charge in [0.2, 0.25) is 0 Å². The van der Waals surface area contributed by atoms with Crippen LogP contribution in [-0.2, 0) is 11.3 Å². The monoisotopic (exact) mass is 333 g/mol. The zero-order chi connectivity index (χ0) is 17.9. The van der Waals surface area contributed by atoms with Gasteiger partial charge in [0, 0.05) is 19.6 Å². The molecule has 2 atom stereocenters. The van der Waals surface area contributed by atoms with Gasteiger partial charge in [0.05, 0.1) is 6.10 Å². The van der Waals surface area contributed by atoms with Gasteiger partial charge in [0.25, 0.3) is 0 Å². The highest BCUT2D eigenvalue weighted by atomic mass is 16.4. The number of aliphatic hydroxyl groups excluding tert-OH is 1. The maximum atomic E-state index is 12.0. The zero-order valence-electron chi connectivity index (χ0n) is 15.4. The first-order valence-electron chi connectivity index (χ1n) is 8.95. The first-order valence-corrected chi connectivity index (χ1v) is 8.95. The first-order chi connectivity index (χ1) is 11.3. The summed E-state index contributed by atoms with van der Waals surface area (Å²) in [6, 6.07) is 6.26. The van der Waals surface area contributed by atoms with Crippen LogP contribution in [0.15, 0.2) is 18.2 Å². The molecule has 134 valence electrons. The Morgan fingerprint density at radius 1 is 1.33 bits per heavy atom. The lowest BCUT2D eigenvalue weighted by molar-refractivity contribution is -0.165. The van der Waals surface area contributed by atoms with E-state index < -0.39 is 17.5 Å². The summed E-state index contributed by atoms with van der Waals surface area (Å²) in [5.41, 5.74) is 2.71. The number of carbonyl (C=O) groups is 1. The molecule has 0 bridgehead atoms. The van der Waals surface area contributed by atoms with Crippen molar-refractivity contribution in [3.8, 4) is 0 Å². The standard InChI is InChI=1S/C20H31NO3/c1-14(2)8-10-20(19(23)24)13-21(11-9-18(20)22)12-17-15(3)6-5-7-16(17)4/h5-7,14,18,22H,8-13H2,1-4H3,(H,23,24)/t18-,20-/m1/s1. The molecule has 4 heteroatoms. The maximum Gasteiger partial charge on any atom is 0.313 e. The molecule has 0 spiro atoms. The number of aliphatic carboxylic acids is 1. The van der Waals surface area contributed by atoms with Crippen LogP contribution in [0.4, 0.5) is 0 Å². The Morgan fingerprint density at radius 2 is 1.96 bits per heavy atom. The maximum absolute atomic E-state index is 12.0. The van der Waals surface area contributed by atoms with Crippen molar-refractivity contribution in [3.63, 3.8) is 0 Å². The van der Waals surface area contributed by atoms with E-state index >= 15 is 0 Å². The minimum absolute atomic E-state index is 0.421. The number of aryl methyl sites for hydroxylation is 2. The van der Waals surface area contributed by atoms with Crippen LogP contribution in [0.5, 0.6) is 0 Å². The molecule has 1 aliphatic rings. The average molecular weight is 333 g/mol. The minimum atomic E-state index is -1.04. The van der Waals surface area contributed by atoms with Crippen molar-refractivity contribution < 1.29 is 15.0 Å². The quantitative estimate of drug-likeness (QED) is 0.838. The van der Waals surface area contributed by atoms with E-state index in [-0.39, 0.29) is 0 Å². The van der Waals surface area contributed by atoms with Crippen molar-refractivity contribution in [2.24, 2.45) is 11.3 Å². The van der Waals surface area contributed by atoms with Gasteiger partial charge in [-0.3, -0.25) is 9.69 Å². The van der Waals surface area contributed by atoms with Crippen molar-refractivity contribution in [2.75, 3.05) is 13.1 Å². The van der Waals surface area contributed by atoms with E-state index in [2.05, 4.69) is 50.8 Å². The molecule has 2 rings (SSSR count). The molecular weight excluding hydrogens is 302 g/mol. The van der Waals surface area contributed by atoms with Gasteiger partial charge in [-0.1, -0.05) is 32.0 Å². The second-order valence-corrected chi connectivity index (χ2v) is 7.78. The molecule has 2 N–H and O–H groups in total. The zero-order valence-corrected chi connectivity index (χ0v) is 15.4. The molecule has 1 heterocycles. The Bertz CT molecular complexity index is 564. The lowest BCUT2D eigenvalue weighted by Crippen LogP contribution is -2.55. The van der Waals surface area contributed by atoms with Crippen LogP contribution in [0.2, 0.25) is 0 Å². The van der Waals surface area contributed by atoms with E-state index in [1.807, 2.05) is 0 Å². The smallest absolute Gasteiger partial charge is 0.313 e. The van der Waals surface area contributed by atoms with E-state index in [0.29, 0.717) is 25.3 Å². The molecule has 0 radical (unpaired) electrons. The molecule has 4 nitrogen and oxygen atoms in total. The molecule has 24 heavy (non-hydrogen) atoms. The number of piperidine rings is 1. The van der Waals surface area contributed by atoms with Gasteiger partial charge >= 0.3 is 5.97 Å². The van der Waals surface area contributed by atoms with Gasteiger partial charge in [0.1, 0.15) is 5.41 Å². The summed E-state index contributed by atoms with van der Waals surface area (Å²) in [7, 11) is 0. The predicted molar refractivity (Wildman–Crippen MR) is 96.0 cm³/mol. The van der Waals surface area contributed by atoms with E-state index in [0.717, 1.165) is 19.5 Å². The number of aliphatic hydroxyl groups is 1. The van der Waals surface area contributed by atoms with Crippen molar-refractivity contribution in [3.05, 3.63) is 34.9 Å². The number of rotatable bonds is 6. The predicted octanol–water partition coefficient (Wildman–Crippen LogP) is 3.38. The van der Waals surface area contributed by atoms with Gasteiger partial charge in [-0.05, 0) is 55.7 Å². The topological polar surface area (TPSA) is 60.8 Å². The summed E-state index contributed by atoms with van der Waals surface area (Å²) in [5, 5.41) is 20.4. The summed E-state index contributed by atoms with van der Waals surface area (Å²) in [5.74, 6) is -0.427. The number of likely N-dealkylation sites (tertiary alicyclic amines) is 1. The van der Waals surface area contributed by atoms with Gasteiger partial charge in [-0.15, -0.1) is 0 Å². The first kappa shape index (κ1) is 18.9. The highest BCUT2D eigenvalue weighted by Gasteiger charge is 2.48. The second kappa shape index (κ2) is 7.66. The van der Waals surface area contributed by atoms with Crippen LogP contribution in [0, 0.1) is 25.2 Å². The number of nitrogens with zero attached hydrogens (tertiary/aromatic N) is 1. The number of benzene rings is 1. The molecule has 0 unspecified atom stereocenters. The number of hydrogen-bond donors (Lipinski definition) is 2. The van der Waals surface area contributed by atoms with E-state index in [1.165, 1.54) is 16.7 Å². The van der Waals surface area contributed by atoms with Gasteiger partial charge in [-0.25, -0.2) is 0 Å². The molecule has 1 aliphatic heterocycles. The summed E-state index contributed by atoms with van der Waals surface area (Å²) in [4.78, 5) is 14.2. The Kier molecular flexibility index (Phi) is 6.05. The average Bonchev–Trinajstić information content (AvgIpc) is 2.51. The molecule has 1 saturated heterocycles. The summed E-state index contributed by atoms with van der Waals surface area (Å²) >= 11 is 0. The largest absolute Gasteiger partial charge is 0.481 e. The number of hydrogen-bond acceptors (Lipinski definition) is 3. The normalized spacial score (nSPS) is 25.2. The lowest BCUT2D eigenvalue weighted by Gasteiger charge is -2.44. The molecule has 0 aliphatic carbocycles. The lowest BCUT2D eigenvalue weighted by atomic mass is 9.72. The van der Waals surface area contributed by atoms with Crippen LogP contribution < -0.4 is 0 Å². The number of carboxylic acid groups (broad SMARTS) is 1. The Hall–Kier alpha value is -1.39. The molecule has 1 aromatic rings. The van der Waals surface area contributed by atoms with Crippen molar-refractivity contribution >= 4 is 5.97 Å². The van der Waals surface area contributed by atoms with Crippen LogP contribution in [-0.4, -0.2) is 40.3 Å². The van der Waals surface area contributed by atoms with Crippen molar-refractivity contribution in [2.45, 2.75) is 59.6 Å². The minimum Gasteiger partial charge on any atom is -0.481 e. The van der Waals surface area contributed by atoms with Crippen LogP contribution in [0.1, 0.15) is 49.8 Å². The van der Waals surface area contributed by atoms with Crippen molar-refractivity contribution in [1.29, 1.82) is 0 Å². The molecule has 0 saturated carbocycles. The van der Waals surface area contributed by atoms with Crippen LogP contribution >= 0.6 is 0 Å². The Morgan fingerprint density at radius 3 is 2.50 bits per heavy atom. The molecule has 1 fully saturated rings. The Labute approximate surface area is 145 Å². The van der Waals surface area contributed by atoms with E-state index in [9.17, 15) is 15.0 Å². The Balaban J connectivity index is 2.20. The van der Waals surface area contributed by atoms with Gasteiger partial charge in [-0.2, -0.15) is 0 Å². The SMILES string of the molecule is Cc1cccc(C)c1CN1CC[C@@H](O)[C@](CCC(C)C)(C(=O)O)C1. The fraction of sp³-hybridized carbons (Fsp3) is 0.650. The van der Waals surface area contributed by atoms with Crippen molar-refractivity contribution in [1.82, 2.24) is 4.90 Å². The highest BCUT2D eigenvalue weighted by Crippen LogP contribution is 2.37. The summed E-state index contributed by atoms with van der Waals surface area (Å²) in [6.45, 7) is 10.3. The summed E-state index contributed by atoms with van der Waals surface area (Å²) < 4.78 is 0. The molecular formula is C20H31NO3. The van der Waals surface area contributed by atoms with Crippen LogP contribution in [0.25, 0.3) is 0 Å².